The Labute approximate surface area is 128 Å². The van der Waals surface area contributed by atoms with Crippen molar-refractivity contribution >= 4 is 11.7 Å². The first kappa shape index (κ1) is 14.0. The first-order valence-electron chi connectivity index (χ1n) is 6.88. The standard InChI is InChI=1S/C17H15N3O2/c1-11-12(2)19-16(20-17(21)15-9-22-10-18-15)8-14(11)13-6-4-3-5-7-13/h3-10H,1-2H3,(H,19,20,21). The van der Waals surface area contributed by atoms with Gasteiger partial charge in [0.1, 0.15) is 12.1 Å². The number of hydrogen-bond acceptors (Lipinski definition) is 4. The van der Waals surface area contributed by atoms with E-state index in [9.17, 15) is 4.79 Å². The number of oxazole rings is 1. The summed E-state index contributed by atoms with van der Waals surface area (Å²) in [6.07, 6.45) is 2.52. The Morgan fingerprint density at radius 3 is 2.64 bits per heavy atom. The number of amides is 1. The lowest BCUT2D eigenvalue weighted by Gasteiger charge is -2.12. The van der Waals surface area contributed by atoms with E-state index in [-0.39, 0.29) is 11.6 Å². The van der Waals surface area contributed by atoms with Gasteiger partial charge in [0.25, 0.3) is 5.91 Å². The molecule has 2 aromatic heterocycles. The fraction of sp³-hybridized carbons (Fsp3) is 0.118. The number of nitrogens with zero attached hydrogens (tertiary/aromatic N) is 2. The van der Waals surface area contributed by atoms with Gasteiger partial charge in [0.05, 0.1) is 0 Å². The van der Waals surface area contributed by atoms with Crippen molar-refractivity contribution in [2.45, 2.75) is 13.8 Å². The van der Waals surface area contributed by atoms with E-state index < -0.39 is 0 Å². The van der Waals surface area contributed by atoms with E-state index in [4.69, 9.17) is 4.42 Å². The van der Waals surface area contributed by atoms with Crippen LogP contribution in [0.4, 0.5) is 5.82 Å². The lowest BCUT2D eigenvalue weighted by atomic mass is 10.0. The number of hydrogen-bond donors (Lipinski definition) is 1. The number of aromatic nitrogens is 2. The summed E-state index contributed by atoms with van der Waals surface area (Å²) < 4.78 is 4.82. The van der Waals surface area contributed by atoms with Crippen LogP contribution in [0, 0.1) is 13.8 Å². The predicted octanol–water partition coefficient (Wildman–Crippen LogP) is 3.61. The number of aryl methyl sites for hydroxylation is 1. The molecule has 1 N–H and O–H groups in total. The Balaban J connectivity index is 1.96. The van der Waals surface area contributed by atoms with E-state index in [1.165, 1.54) is 12.7 Å². The Hall–Kier alpha value is -2.95. The van der Waals surface area contributed by atoms with Crippen molar-refractivity contribution in [1.82, 2.24) is 9.97 Å². The summed E-state index contributed by atoms with van der Waals surface area (Å²) in [5.74, 6) is 0.151. The molecule has 0 aliphatic rings. The smallest absolute Gasteiger partial charge is 0.278 e. The van der Waals surface area contributed by atoms with Gasteiger partial charge in [0, 0.05) is 5.69 Å². The molecule has 0 bridgehead atoms. The monoisotopic (exact) mass is 293 g/mol. The maximum absolute atomic E-state index is 12.0. The van der Waals surface area contributed by atoms with Crippen molar-refractivity contribution in [1.29, 1.82) is 0 Å². The Morgan fingerprint density at radius 2 is 1.95 bits per heavy atom. The van der Waals surface area contributed by atoms with E-state index in [0.717, 1.165) is 22.4 Å². The highest BCUT2D eigenvalue weighted by molar-refractivity contribution is 6.02. The summed E-state index contributed by atoms with van der Waals surface area (Å²) >= 11 is 0. The van der Waals surface area contributed by atoms with Crippen LogP contribution in [0.15, 0.2) is 53.5 Å². The summed E-state index contributed by atoms with van der Waals surface area (Å²) in [5.41, 5.74) is 4.31. The second-order valence-corrected chi connectivity index (χ2v) is 4.96. The number of anilines is 1. The topological polar surface area (TPSA) is 68.0 Å². The number of carbonyl (C=O) groups excluding carboxylic acids is 1. The van der Waals surface area contributed by atoms with E-state index in [2.05, 4.69) is 15.3 Å². The fourth-order valence-corrected chi connectivity index (χ4v) is 2.22. The second kappa shape index (κ2) is 5.81. The van der Waals surface area contributed by atoms with Gasteiger partial charge in [-0.25, -0.2) is 9.97 Å². The Morgan fingerprint density at radius 1 is 1.18 bits per heavy atom. The van der Waals surface area contributed by atoms with Crippen LogP contribution in [0.3, 0.4) is 0 Å². The van der Waals surface area contributed by atoms with Gasteiger partial charge in [0.2, 0.25) is 0 Å². The zero-order valence-electron chi connectivity index (χ0n) is 12.3. The van der Waals surface area contributed by atoms with Crippen molar-refractivity contribution in [2.75, 3.05) is 5.32 Å². The summed E-state index contributed by atoms with van der Waals surface area (Å²) in [7, 11) is 0. The number of nitrogens with one attached hydrogen (secondary N) is 1. The third kappa shape index (κ3) is 2.74. The minimum absolute atomic E-state index is 0.223. The molecule has 1 aromatic carbocycles. The van der Waals surface area contributed by atoms with Crippen LogP contribution in [0.25, 0.3) is 11.1 Å². The molecule has 0 spiro atoms. The van der Waals surface area contributed by atoms with E-state index in [1.807, 2.05) is 50.2 Å². The van der Waals surface area contributed by atoms with Gasteiger partial charge in [-0.05, 0) is 36.6 Å². The first-order chi connectivity index (χ1) is 10.6. The van der Waals surface area contributed by atoms with Gasteiger partial charge in [-0.3, -0.25) is 4.79 Å². The SMILES string of the molecule is Cc1nc(NC(=O)c2cocn2)cc(-c2ccccc2)c1C. The number of rotatable bonds is 3. The zero-order valence-corrected chi connectivity index (χ0v) is 12.3. The van der Waals surface area contributed by atoms with Gasteiger partial charge in [-0.15, -0.1) is 0 Å². The minimum Gasteiger partial charge on any atom is -0.451 e. The summed E-state index contributed by atoms with van der Waals surface area (Å²) in [6.45, 7) is 3.95. The quantitative estimate of drug-likeness (QED) is 0.801. The van der Waals surface area contributed by atoms with Crippen LogP contribution in [-0.2, 0) is 0 Å². The maximum Gasteiger partial charge on any atom is 0.278 e. The van der Waals surface area contributed by atoms with Crippen LogP contribution in [0.1, 0.15) is 21.7 Å². The molecule has 1 amide bonds. The third-order valence-electron chi connectivity index (χ3n) is 3.51. The Kier molecular flexibility index (Phi) is 3.70. The van der Waals surface area contributed by atoms with Gasteiger partial charge in [-0.2, -0.15) is 0 Å². The molecular formula is C17H15N3O2. The fourth-order valence-electron chi connectivity index (χ4n) is 2.22. The zero-order chi connectivity index (χ0) is 15.5. The molecule has 5 heteroatoms. The highest BCUT2D eigenvalue weighted by Gasteiger charge is 2.13. The molecule has 22 heavy (non-hydrogen) atoms. The molecular weight excluding hydrogens is 278 g/mol. The average Bonchev–Trinajstić information content (AvgIpc) is 3.06. The van der Waals surface area contributed by atoms with E-state index in [1.54, 1.807) is 0 Å². The van der Waals surface area contributed by atoms with E-state index in [0.29, 0.717) is 5.82 Å². The van der Waals surface area contributed by atoms with Gasteiger partial charge in [0.15, 0.2) is 12.1 Å². The molecule has 0 aliphatic carbocycles. The van der Waals surface area contributed by atoms with Gasteiger partial charge in [-0.1, -0.05) is 30.3 Å². The van der Waals surface area contributed by atoms with Crippen molar-refractivity contribution < 1.29 is 9.21 Å². The molecule has 5 nitrogen and oxygen atoms in total. The third-order valence-corrected chi connectivity index (χ3v) is 3.51. The van der Waals surface area contributed by atoms with Crippen LogP contribution < -0.4 is 5.32 Å². The predicted molar refractivity (Wildman–Crippen MR) is 83.6 cm³/mol. The van der Waals surface area contributed by atoms with Crippen LogP contribution in [0.2, 0.25) is 0 Å². The molecule has 0 unspecified atom stereocenters. The second-order valence-electron chi connectivity index (χ2n) is 4.96. The molecule has 3 aromatic rings. The molecule has 0 fully saturated rings. The highest BCUT2D eigenvalue weighted by Crippen LogP contribution is 2.27. The molecule has 110 valence electrons. The van der Waals surface area contributed by atoms with Crippen LogP contribution in [0.5, 0.6) is 0 Å². The molecule has 2 heterocycles. The van der Waals surface area contributed by atoms with E-state index >= 15 is 0 Å². The summed E-state index contributed by atoms with van der Waals surface area (Å²) in [6, 6.07) is 11.9. The van der Waals surface area contributed by atoms with Crippen LogP contribution >= 0.6 is 0 Å². The molecule has 3 rings (SSSR count). The average molecular weight is 293 g/mol. The number of carbonyl (C=O) groups is 1. The lowest BCUT2D eigenvalue weighted by molar-refractivity contribution is 0.102. The maximum atomic E-state index is 12.0. The van der Waals surface area contributed by atoms with Crippen molar-refractivity contribution in [2.24, 2.45) is 0 Å². The highest BCUT2D eigenvalue weighted by atomic mass is 16.3. The molecule has 0 saturated heterocycles. The van der Waals surface area contributed by atoms with Crippen LogP contribution in [-0.4, -0.2) is 15.9 Å². The molecule has 0 aliphatic heterocycles. The lowest BCUT2D eigenvalue weighted by Crippen LogP contribution is -2.14. The number of benzene rings is 1. The van der Waals surface area contributed by atoms with Crippen molar-refractivity contribution in [3.05, 3.63) is 66.0 Å². The molecule has 0 radical (unpaired) electrons. The number of pyridine rings is 1. The van der Waals surface area contributed by atoms with Crippen molar-refractivity contribution in [3.63, 3.8) is 0 Å². The first-order valence-corrected chi connectivity index (χ1v) is 6.88. The molecule has 0 atom stereocenters. The Bertz CT molecular complexity index is 796. The van der Waals surface area contributed by atoms with Gasteiger partial charge >= 0.3 is 0 Å². The normalized spacial score (nSPS) is 10.5. The minimum atomic E-state index is -0.344. The van der Waals surface area contributed by atoms with Crippen molar-refractivity contribution in [3.8, 4) is 11.1 Å². The summed E-state index contributed by atoms with van der Waals surface area (Å²) in [5, 5.41) is 2.75. The largest absolute Gasteiger partial charge is 0.451 e. The molecule has 0 saturated carbocycles. The summed E-state index contributed by atoms with van der Waals surface area (Å²) in [4.78, 5) is 20.3. The van der Waals surface area contributed by atoms with Gasteiger partial charge < -0.3 is 9.73 Å².